The van der Waals surface area contributed by atoms with E-state index in [4.69, 9.17) is 11.6 Å². The number of amides is 1. The largest absolute Gasteiger partial charge is 0.335 e. The molecule has 2 aromatic carbocycles. The zero-order valence-corrected chi connectivity index (χ0v) is 22.6. The molecule has 3 heterocycles. The molecule has 0 fully saturated rings. The van der Waals surface area contributed by atoms with Crippen molar-refractivity contribution in [3.63, 3.8) is 0 Å². The molecule has 6 nitrogen and oxygen atoms in total. The molecular weight excluding hydrogens is 512 g/mol. The third-order valence-electron chi connectivity index (χ3n) is 5.97. The van der Waals surface area contributed by atoms with Gasteiger partial charge in [0.2, 0.25) is 0 Å². The quantitative estimate of drug-likeness (QED) is 0.470. The highest BCUT2D eigenvalue weighted by Crippen LogP contribution is 2.46. The van der Waals surface area contributed by atoms with Crippen LogP contribution in [0.25, 0.3) is 11.6 Å². The standard InChI is InChI=1S/C27H25ClN4O2S2/c1-4-15-31-25(33)22(13-14-23-30(5-2)20-16-18(28)11-12-21(20)35-23)36-27(31)24-17(3)29-32(26(24)34)19-9-7-6-8-10-19/h6-14,16H,4-5,15H2,1-3H3/b22-13-,23-14+,27-24?. The van der Waals surface area contributed by atoms with Crippen molar-refractivity contribution in [2.45, 2.75) is 38.6 Å². The number of carbonyl (C=O) groups is 1. The zero-order chi connectivity index (χ0) is 25.4. The van der Waals surface area contributed by atoms with Gasteiger partial charge in [0.25, 0.3) is 11.5 Å². The number of benzene rings is 2. The number of hydrogen-bond donors (Lipinski definition) is 0. The lowest BCUT2D eigenvalue weighted by molar-refractivity contribution is -0.112. The van der Waals surface area contributed by atoms with Gasteiger partial charge in [-0.3, -0.25) is 14.2 Å². The number of thioether (sulfide) groups is 1. The summed E-state index contributed by atoms with van der Waals surface area (Å²) >= 11 is 9.22. The Hall–Kier alpha value is -3.07. The number of allylic oxidation sites excluding steroid dienone is 1. The highest BCUT2D eigenvalue weighted by atomic mass is 35.5. The van der Waals surface area contributed by atoms with E-state index in [-0.39, 0.29) is 11.5 Å². The first kappa shape index (κ1) is 24.6. The average molecular weight is 537 g/mol. The van der Waals surface area contributed by atoms with Crippen molar-refractivity contribution in [1.82, 2.24) is 4.57 Å². The van der Waals surface area contributed by atoms with E-state index in [9.17, 15) is 9.59 Å². The van der Waals surface area contributed by atoms with Gasteiger partial charge in [0.05, 0.1) is 32.2 Å². The van der Waals surface area contributed by atoms with E-state index in [1.165, 1.54) is 16.3 Å². The highest BCUT2D eigenvalue weighted by molar-refractivity contribution is 8.03. The Morgan fingerprint density at radius 1 is 1.06 bits per heavy atom. The molecule has 2 aliphatic rings. The lowest BCUT2D eigenvalue weighted by Gasteiger charge is -2.17. The smallest absolute Gasteiger partial charge is 0.283 e. The molecular formula is C27H25ClN4O2S2. The summed E-state index contributed by atoms with van der Waals surface area (Å²) < 4.78 is 2.95. The molecule has 0 atom stereocenters. The van der Waals surface area contributed by atoms with E-state index in [1.807, 2.05) is 74.5 Å². The fourth-order valence-electron chi connectivity index (χ4n) is 4.31. The minimum atomic E-state index is -0.217. The summed E-state index contributed by atoms with van der Waals surface area (Å²) in [6, 6.07) is 15.2. The first-order valence-electron chi connectivity index (χ1n) is 11.8. The van der Waals surface area contributed by atoms with Gasteiger partial charge in [-0.2, -0.15) is 10.1 Å². The van der Waals surface area contributed by atoms with Crippen molar-refractivity contribution < 1.29 is 4.79 Å². The van der Waals surface area contributed by atoms with Gasteiger partial charge in [-0.05, 0) is 62.8 Å². The van der Waals surface area contributed by atoms with Gasteiger partial charge in [-0.25, -0.2) is 0 Å². The second-order valence-corrected chi connectivity index (χ2v) is 10.9. The predicted octanol–water partition coefficient (Wildman–Crippen LogP) is 4.80. The number of hydrazone groups is 1. The monoisotopic (exact) mass is 536 g/mol. The van der Waals surface area contributed by atoms with Crippen LogP contribution in [0.2, 0.25) is 5.02 Å². The van der Waals surface area contributed by atoms with E-state index >= 15 is 0 Å². The van der Waals surface area contributed by atoms with Crippen LogP contribution in [0.4, 0.5) is 11.4 Å². The van der Waals surface area contributed by atoms with Crippen LogP contribution in [0, 0.1) is 0 Å². The number of halogens is 1. The Morgan fingerprint density at radius 2 is 1.83 bits per heavy atom. The third kappa shape index (κ3) is 4.34. The molecule has 0 unspecified atom stereocenters. The lowest BCUT2D eigenvalue weighted by atomic mass is 10.2. The number of rotatable bonds is 5. The first-order chi connectivity index (χ1) is 17.4. The zero-order valence-electron chi connectivity index (χ0n) is 20.2. The molecule has 3 aromatic rings. The Morgan fingerprint density at radius 3 is 2.56 bits per heavy atom. The Kier molecular flexibility index (Phi) is 6.92. The molecule has 5 rings (SSSR count). The van der Waals surface area contributed by atoms with Gasteiger partial charge >= 0.3 is 0 Å². The molecule has 0 spiro atoms. The van der Waals surface area contributed by atoms with Crippen molar-refractivity contribution in [1.29, 1.82) is 0 Å². The van der Waals surface area contributed by atoms with E-state index < -0.39 is 0 Å². The van der Waals surface area contributed by atoms with Crippen LogP contribution in [-0.2, 0) is 11.3 Å². The predicted molar refractivity (Wildman–Crippen MR) is 151 cm³/mol. The summed E-state index contributed by atoms with van der Waals surface area (Å²) in [5, 5.41) is 7.65. The number of carbonyl (C=O) groups excluding carboxylic acids is 1. The SMILES string of the molecule is CCCn1c(=C2C(=O)N(c3ccccc3)N=C2C)s/c(=C\C=C2\Sc3ccc(Cl)cc3N2CC)c1=O. The van der Waals surface area contributed by atoms with Crippen molar-refractivity contribution in [3.8, 4) is 0 Å². The fraction of sp³-hybridized carbons (Fsp3) is 0.222. The normalized spacial score (nSPS) is 18.4. The van der Waals surface area contributed by atoms with Crippen LogP contribution in [-0.4, -0.2) is 22.7 Å². The van der Waals surface area contributed by atoms with Gasteiger partial charge in [0, 0.05) is 23.0 Å². The van der Waals surface area contributed by atoms with Crippen LogP contribution in [0.1, 0.15) is 27.2 Å². The topological polar surface area (TPSA) is 57.9 Å². The maximum absolute atomic E-state index is 13.4. The Balaban J connectivity index is 1.61. The van der Waals surface area contributed by atoms with Crippen LogP contribution in [0.3, 0.4) is 0 Å². The minimum absolute atomic E-state index is 0.0911. The molecule has 0 saturated heterocycles. The number of para-hydroxylation sites is 1. The van der Waals surface area contributed by atoms with Crippen molar-refractivity contribution in [2.75, 3.05) is 16.5 Å². The summed E-state index contributed by atoms with van der Waals surface area (Å²) in [6.45, 7) is 7.25. The molecule has 0 radical (unpaired) electrons. The molecule has 2 aliphatic heterocycles. The maximum atomic E-state index is 13.4. The maximum Gasteiger partial charge on any atom is 0.283 e. The van der Waals surface area contributed by atoms with Gasteiger partial charge in [0.1, 0.15) is 4.66 Å². The van der Waals surface area contributed by atoms with Crippen LogP contribution in [0.15, 0.2) is 74.4 Å². The molecule has 184 valence electrons. The number of aromatic nitrogens is 1. The van der Waals surface area contributed by atoms with E-state index in [2.05, 4.69) is 16.9 Å². The summed E-state index contributed by atoms with van der Waals surface area (Å²) in [5.74, 6) is -0.217. The second-order valence-electron chi connectivity index (χ2n) is 8.37. The molecule has 0 aliphatic carbocycles. The summed E-state index contributed by atoms with van der Waals surface area (Å²) in [7, 11) is 0. The molecule has 0 N–H and O–H groups in total. The summed E-state index contributed by atoms with van der Waals surface area (Å²) in [4.78, 5) is 30.2. The average Bonchev–Trinajstić information content (AvgIpc) is 3.48. The third-order valence-corrected chi connectivity index (χ3v) is 8.49. The van der Waals surface area contributed by atoms with Gasteiger partial charge < -0.3 is 4.90 Å². The van der Waals surface area contributed by atoms with Crippen molar-refractivity contribution >= 4 is 69.3 Å². The van der Waals surface area contributed by atoms with Gasteiger partial charge in [-0.15, -0.1) is 11.3 Å². The molecule has 36 heavy (non-hydrogen) atoms. The summed E-state index contributed by atoms with van der Waals surface area (Å²) in [5.41, 5.74) is 2.77. The van der Waals surface area contributed by atoms with E-state index in [0.717, 1.165) is 28.6 Å². The molecule has 1 amide bonds. The summed E-state index contributed by atoms with van der Waals surface area (Å²) in [6.07, 6.45) is 4.62. The minimum Gasteiger partial charge on any atom is -0.335 e. The van der Waals surface area contributed by atoms with Gasteiger partial charge in [-0.1, -0.05) is 48.5 Å². The first-order valence-corrected chi connectivity index (χ1v) is 13.8. The molecule has 0 saturated carbocycles. The lowest BCUT2D eigenvalue weighted by Crippen LogP contribution is -2.34. The van der Waals surface area contributed by atoms with Crippen LogP contribution in [0.5, 0.6) is 0 Å². The molecule has 1 aromatic heterocycles. The van der Waals surface area contributed by atoms with Crippen LogP contribution < -0.4 is 24.7 Å². The van der Waals surface area contributed by atoms with E-state index in [1.54, 1.807) is 16.3 Å². The number of nitrogens with zero attached hydrogens (tertiary/aromatic N) is 4. The number of anilines is 2. The molecule has 0 bridgehead atoms. The van der Waals surface area contributed by atoms with Crippen LogP contribution >= 0.6 is 34.7 Å². The van der Waals surface area contributed by atoms with E-state index in [0.29, 0.717) is 37.7 Å². The number of hydrogen-bond acceptors (Lipinski definition) is 6. The number of fused-ring (bicyclic) bond motifs is 1. The Labute approximate surface area is 222 Å². The van der Waals surface area contributed by atoms with Crippen molar-refractivity contribution in [3.05, 3.63) is 84.2 Å². The number of thiazole rings is 1. The van der Waals surface area contributed by atoms with Gasteiger partial charge in [0.15, 0.2) is 0 Å². The molecule has 9 heteroatoms. The van der Waals surface area contributed by atoms with Crippen molar-refractivity contribution in [2.24, 2.45) is 5.10 Å². The Bertz CT molecular complexity index is 1590. The fourth-order valence-corrected chi connectivity index (χ4v) is 6.75. The second kappa shape index (κ2) is 10.1. The highest BCUT2D eigenvalue weighted by Gasteiger charge is 2.31.